The van der Waals surface area contributed by atoms with Gasteiger partial charge in [0.25, 0.3) is 0 Å². The van der Waals surface area contributed by atoms with Crippen LogP contribution in [0.15, 0.2) is 24.3 Å². The average molecular weight is 305 g/mol. The van der Waals surface area contributed by atoms with Crippen LogP contribution in [0.25, 0.3) is 10.2 Å². The predicted molar refractivity (Wildman–Crippen MR) is 94.0 cm³/mol. The molecule has 0 spiro atoms. The van der Waals surface area contributed by atoms with E-state index < -0.39 is 0 Å². The Balaban J connectivity index is 2.06. The third-order valence-electron chi connectivity index (χ3n) is 3.53. The van der Waals surface area contributed by atoms with Crippen LogP contribution in [-0.2, 0) is 6.42 Å². The van der Waals surface area contributed by atoms with Crippen LogP contribution in [0.5, 0.6) is 0 Å². The van der Waals surface area contributed by atoms with Gasteiger partial charge in [-0.2, -0.15) is 0 Å². The molecule has 1 aromatic heterocycles. The number of hydrogen-bond acceptors (Lipinski definition) is 3. The maximum absolute atomic E-state index is 4.79. The van der Waals surface area contributed by atoms with Crippen molar-refractivity contribution in [2.75, 3.05) is 6.54 Å². The first-order valence-electron chi connectivity index (χ1n) is 7.93. The molecule has 0 aliphatic carbocycles. The van der Waals surface area contributed by atoms with Crippen LogP contribution in [0.2, 0.25) is 0 Å². The Morgan fingerprint density at radius 3 is 2.52 bits per heavy atom. The van der Waals surface area contributed by atoms with Crippen molar-refractivity contribution in [1.82, 2.24) is 10.3 Å². The van der Waals surface area contributed by atoms with Crippen molar-refractivity contribution in [3.63, 3.8) is 0 Å². The van der Waals surface area contributed by atoms with E-state index in [1.807, 2.05) is 11.3 Å². The van der Waals surface area contributed by atoms with Crippen molar-refractivity contribution in [2.45, 2.75) is 53.0 Å². The first kappa shape index (κ1) is 16.4. The van der Waals surface area contributed by atoms with E-state index in [9.17, 15) is 0 Å². The molecular formula is C18H28N2S. The number of nitrogens with zero attached hydrogens (tertiary/aromatic N) is 1. The normalized spacial score (nSPS) is 14.0. The summed E-state index contributed by atoms with van der Waals surface area (Å²) in [5, 5.41) is 4.93. The summed E-state index contributed by atoms with van der Waals surface area (Å²) in [5.74, 6) is 1.39. The van der Waals surface area contributed by atoms with Gasteiger partial charge in [0, 0.05) is 12.0 Å². The minimum absolute atomic E-state index is 0.183. The predicted octanol–water partition coefficient (Wildman–Crippen LogP) is 4.89. The molecule has 2 nitrogen and oxygen atoms in total. The number of thiazole rings is 1. The summed E-state index contributed by atoms with van der Waals surface area (Å²) >= 11 is 1.85. The molecule has 0 amide bonds. The van der Waals surface area contributed by atoms with Gasteiger partial charge >= 0.3 is 0 Å². The van der Waals surface area contributed by atoms with E-state index in [2.05, 4.69) is 64.2 Å². The second kappa shape index (κ2) is 6.89. The second-order valence-corrected chi connectivity index (χ2v) is 8.52. The van der Waals surface area contributed by atoms with Gasteiger partial charge in [0.1, 0.15) is 0 Å². The third kappa shape index (κ3) is 5.40. The maximum atomic E-state index is 4.79. The molecule has 0 saturated carbocycles. The molecular weight excluding hydrogens is 276 g/mol. The molecule has 21 heavy (non-hydrogen) atoms. The monoisotopic (exact) mass is 304 g/mol. The third-order valence-corrected chi connectivity index (χ3v) is 4.59. The molecule has 1 N–H and O–H groups in total. The number of para-hydroxylation sites is 1. The Morgan fingerprint density at radius 1 is 1.19 bits per heavy atom. The lowest BCUT2D eigenvalue weighted by molar-refractivity contribution is 0.331. The standard InChI is InChI=1S/C18H28N2S/c1-13(2)10-14(12-19-18(3,4)5)11-17-20-15-8-6-7-9-16(15)21-17/h6-9,13-14,19H,10-12H2,1-5H3. The van der Waals surface area contributed by atoms with Gasteiger partial charge in [-0.3, -0.25) is 0 Å². The van der Waals surface area contributed by atoms with E-state index in [0.717, 1.165) is 24.4 Å². The largest absolute Gasteiger partial charge is 0.312 e. The lowest BCUT2D eigenvalue weighted by atomic mass is 9.93. The summed E-state index contributed by atoms with van der Waals surface area (Å²) < 4.78 is 1.31. The lowest BCUT2D eigenvalue weighted by Gasteiger charge is -2.26. The van der Waals surface area contributed by atoms with E-state index in [0.29, 0.717) is 5.92 Å². The summed E-state index contributed by atoms with van der Waals surface area (Å²) in [7, 11) is 0. The molecule has 0 aliphatic heterocycles. The number of aromatic nitrogens is 1. The zero-order chi connectivity index (χ0) is 15.5. The highest BCUT2D eigenvalue weighted by Gasteiger charge is 2.17. The summed E-state index contributed by atoms with van der Waals surface area (Å²) in [6.07, 6.45) is 2.33. The highest BCUT2D eigenvalue weighted by atomic mass is 32.1. The van der Waals surface area contributed by atoms with Gasteiger partial charge in [0.2, 0.25) is 0 Å². The molecule has 3 heteroatoms. The van der Waals surface area contributed by atoms with Crippen LogP contribution in [0.4, 0.5) is 0 Å². The van der Waals surface area contributed by atoms with Crippen molar-refractivity contribution < 1.29 is 0 Å². The Morgan fingerprint density at radius 2 is 1.90 bits per heavy atom. The second-order valence-electron chi connectivity index (χ2n) is 7.41. The van der Waals surface area contributed by atoms with Crippen molar-refractivity contribution in [1.29, 1.82) is 0 Å². The Bertz CT molecular complexity index is 533. The average Bonchev–Trinajstić information content (AvgIpc) is 2.76. The Hall–Kier alpha value is -0.930. The number of nitrogens with one attached hydrogen (secondary N) is 1. The first-order valence-corrected chi connectivity index (χ1v) is 8.74. The quantitative estimate of drug-likeness (QED) is 0.822. The van der Waals surface area contributed by atoms with E-state index in [-0.39, 0.29) is 5.54 Å². The van der Waals surface area contributed by atoms with Crippen LogP contribution < -0.4 is 5.32 Å². The SMILES string of the molecule is CC(C)CC(CNC(C)(C)C)Cc1nc2ccccc2s1. The minimum atomic E-state index is 0.183. The van der Waals surface area contributed by atoms with Crippen molar-refractivity contribution in [2.24, 2.45) is 11.8 Å². The molecule has 2 rings (SSSR count). The topological polar surface area (TPSA) is 24.9 Å². The summed E-state index contributed by atoms with van der Waals surface area (Å²) in [5.41, 5.74) is 1.33. The van der Waals surface area contributed by atoms with Crippen LogP contribution in [0.3, 0.4) is 0 Å². The molecule has 0 radical (unpaired) electrons. The summed E-state index contributed by atoms with van der Waals surface area (Å²) in [4.78, 5) is 4.79. The van der Waals surface area contributed by atoms with E-state index in [1.54, 1.807) is 0 Å². The van der Waals surface area contributed by atoms with Gasteiger partial charge in [-0.05, 0) is 57.7 Å². The lowest BCUT2D eigenvalue weighted by Crippen LogP contribution is -2.39. The van der Waals surface area contributed by atoms with Gasteiger partial charge in [0.15, 0.2) is 0 Å². The Kier molecular flexibility index (Phi) is 5.39. The number of benzene rings is 1. The fourth-order valence-electron chi connectivity index (χ4n) is 2.61. The van der Waals surface area contributed by atoms with Crippen LogP contribution in [0.1, 0.15) is 46.0 Å². The molecule has 116 valence electrons. The highest BCUT2D eigenvalue weighted by molar-refractivity contribution is 7.18. The molecule has 1 unspecified atom stereocenters. The van der Waals surface area contributed by atoms with Crippen molar-refractivity contribution in [3.05, 3.63) is 29.3 Å². The van der Waals surface area contributed by atoms with Gasteiger partial charge in [0.05, 0.1) is 15.2 Å². The van der Waals surface area contributed by atoms with Gasteiger partial charge < -0.3 is 5.32 Å². The zero-order valence-electron chi connectivity index (χ0n) is 13.9. The molecule has 2 aromatic rings. The number of rotatable bonds is 6. The number of fused-ring (bicyclic) bond motifs is 1. The van der Waals surface area contributed by atoms with Crippen molar-refractivity contribution >= 4 is 21.6 Å². The summed E-state index contributed by atoms with van der Waals surface area (Å²) in [6, 6.07) is 8.44. The van der Waals surface area contributed by atoms with E-state index in [1.165, 1.54) is 16.1 Å². The molecule has 1 atom stereocenters. The molecule has 0 saturated heterocycles. The first-order chi connectivity index (χ1) is 9.83. The number of hydrogen-bond donors (Lipinski definition) is 1. The van der Waals surface area contributed by atoms with E-state index >= 15 is 0 Å². The molecule has 1 aromatic carbocycles. The van der Waals surface area contributed by atoms with Gasteiger partial charge in [-0.25, -0.2) is 4.98 Å². The molecule has 0 aliphatic rings. The van der Waals surface area contributed by atoms with E-state index in [4.69, 9.17) is 4.98 Å². The van der Waals surface area contributed by atoms with Crippen LogP contribution >= 0.6 is 11.3 Å². The zero-order valence-corrected chi connectivity index (χ0v) is 14.8. The Labute approximate surface area is 133 Å². The highest BCUT2D eigenvalue weighted by Crippen LogP contribution is 2.25. The molecule has 0 bridgehead atoms. The van der Waals surface area contributed by atoms with Gasteiger partial charge in [-0.15, -0.1) is 11.3 Å². The molecule has 1 heterocycles. The fraction of sp³-hybridized carbons (Fsp3) is 0.611. The molecule has 0 fully saturated rings. The summed E-state index contributed by atoms with van der Waals surface area (Å²) in [6.45, 7) is 12.4. The smallest absolute Gasteiger partial charge is 0.0941 e. The maximum Gasteiger partial charge on any atom is 0.0941 e. The minimum Gasteiger partial charge on any atom is -0.312 e. The fourth-order valence-corrected chi connectivity index (χ4v) is 3.69. The van der Waals surface area contributed by atoms with Crippen LogP contribution in [-0.4, -0.2) is 17.1 Å². The van der Waals surface area contributed by atoms with Gasteiger partial charge in [-0.1, -0.05) is 26.0 Å². The van der Waals surface area contributed by atoms with Crippen molar-refractivity contribution in [3.8, 4) is 0 Å². The van der Waals surface area contributed by atoms with Crippen LogP contribution in [0, 0.1) is 11.8 Å².